The van der Waals surface area contributed by atoms with Crippen LogP contribution in [0.5, 0.6) is 0 Å². The van der Waals surface area contributed by atoms with Gasteiger partial charge in [-0.2, -0.15) is 0 Å². The molecular formula is C19H26ClN5O3. The van der Waals surface area contributed by atoms with E-state index in [0.717, 1.165) is 37.0 Å². The summed E-state index contributed by atoms with van der Waals surface area (Å²) in [5, 5.41) is 13.4. The van der Waals surface area contributed by atoms with Gasteiger partial charge in [-0.25, -0.2) is 4.79 Å². The Bertz CT molecular complexity index is 941. The number of aliphatic carboxylic acids is 1. The van der Waals surface area contributed by atoms with Gasteiger partial charge in [0.05, 0.1) is 11.0 Å². The van der Waals surface area contributed by atoms with Gasteiger partial charge in [-0.15, -0.1) is 0 Å². The summed E-state index contributed by atoms with van der Waals surface area (Å²) in [4.78, 5) is 31.4. The van der Waals surface area contributed by atoms with Crippen LogP contribution < -0.4 is 11.0 Å². The molecule has 4 atom stereocenters. The number of carboxylic acids is 1. The molecule has 4 rings (SSSR count). The maximum atomic E-state index is 12.7. The lowest BCUT2D eigenvalue weighted by Gasteiger charge is -2.46. The first-order chi connectivity index (χ1) is 13.3. The van der Waals surface area contributed by atoms with E-state index in [4.69, 9.17) is 11.6 Å². The minimum atomic E-state index is -0.823. The number of likely N-dealkylation sites (N-methyl/N-ethyl adjacent to an activating group) is 2. The first-order valence-corrected chi connectivity index (χ1v) is 9.98. The van der Waals surface area contributed by atoms with E-state index >= 15 is 0 Å². The molecule has 2 saturated heterocycles. The predicted molar refractivity (Wildman–Crippen MR) is 108 cm³/mol. The highest BCUT2D eigenvalue weighted by atomic mass is 35.5. The average Bonchev–Trinajstić information content (AvgIpc) is 2.96. The van der Waals surface area contributed by atoms with E-state index in [0.29, 0.717) is 11.6 Å². The summed E-state index contributed by atoms with van der Waals surface area (Å²) < 4.78 is 1.84. The molecule has 2 aromatic rings. The van der Waals surface area contributed by atoms with Gasteiger partial charge in [-0.05, 0) is 45.1 Å². The van der Waals surface area contributed by atoms with Gasteiger partial charge in [0.1, 0.15) is 6.04 Å². The molecule has 1 aromatic heterocycles. The van der Waals surface area contributed by atoms with E-state index in [1.807, 2.05) is 17.7 Å². The second-order valence-electron chi connectivity index (χ2n) is 8.07. The Balaban J connectivity index is 1.61. The standard InChI is InChI=1S/C19H26ClN5O3/c1-23-9-14(21-15(10-23)18(26)27)17-8-12(5-6-24(17)2)25-16-4-3-11(20)7-13(16)22-19(25)28/h3-4,7,12,14-15,17,21H,5-6,8-10H2,1-2H3,(H,22,28)(H,26,27). The van der Waals surface area contributed by atoms with Gasteiger partial charge in [-0.3, -0.25) is 14.7 Å². The van der Waals surface area contributed by atoms with Crippen LogP contribution in [0, 0.1) is 0 Å². The molecule has 0 radical (unpaired) electrons. The summed E-state index contributed by atoms with van der Waals surface area (Å²) in [7, 11) is 4.03. The van der Waals surface area contributed by atoms with Crippen molar-refractivity contribution in [2.45, 2.75) is 37.0 Å². The van der Waals surface area contributed by atoms with Crippen LogP contribution in [0.15, 0.2) is 23.0 Å². The zero-order valence-electron chi connectivity index (χ0n) is 16.1. The lowest BCUT2D eigenvalue weighted by Crippen LogP contribution is -2.65. The van der Waals surface area contributed by atoms with Crippen LogP contribution in [0.25, 0.3) is 11.0 Å². The van der Waals surface area contributed by atoms with Gasteiger partial charge in [0, 0.05) is 42.8 Å². The minimum absolute atomic E-state index is 0.0306. The molecule has 9 heteroatoms. The molecule has 3 N–H and O–H groups in total. The topological polar surface area (TPSA) is 93.6 Å². The third-order valence-electron chi connectivity index (χ3n) is 6.12. The van der Waals surface area contributed by atoms with Crippen LogP contribution in [0.4, 0.5) is 0 Å². The number of fused-ring (bicyclic) bond motifs is 1. The number of H-pyrrole nitrogens is 1. The maximum absolute atomic E-state index is 12.7. The monoisotopic (exact) mass is 407 g/mol. The number of carboxylic acid groups (broad SMARTS) is 1. The molecule has 0 aliphatic carbocycles. The lowest BCUT2D eigenvalue weighted by atomic mass is 9.90. The van der Waals surface area contributed by atoms with Crippen LogP contribution in [-0.2, 0) is 4.79 Å². The number of aromatic nitrogens is 2. The Kier molecular flexibility index (Phi) is 5.22. The fraction of sp³-hybridized carbons (Fsp3) is 0.579. The number of piperazine rings is 1. The van der Waals surface area contributed by atoms with E-state index in [9.17, 15) is 14.7 Å². The number of likely N-dealkylation sites (tertiary alicyclic amines) is 1. The Morgan fingerprint density at radius 3 is 2.82 bits per heavy atom. The number of aromatic amines is 1. The predicted octanol–water partition coefficient (Wildman–Crippen LogP) is 0.975. The first-order valence-electron chi connectivity index (χ1n) is 9.61. The van der Waals surface area contributed by atoms with Crippen molar-refractivity contribution >= 4 is 28.6 Å². The van der Waals surface area contributed by atoms with Crippen molar-refractivity contribution in [2.24, 2.45) is 0 Å². The summed E-state index contributed by atoms with van der Waals surface area (Å²) in [5.41, 5.74) is 1.48. The van der Waals surface area contributed by atoms with Crippen LogP contribution in [0.3, 0.4) is 0 Å². The molecule has 2 aliphatic heterocycles. The van der Waals surface area contributed by atoms with Crippen LogP contribution in [-0.4, -0.2) is 82.3 Å². The fourth-order valence-corrected chi connectivity index (χ4v) is 4.91. The highest BCUT2D eigenvalue weighted by molar-refractivity contribution is 6.31. The summed E-state index contributed by atoms with van der Waals surface area (Å²) in [5.74, 6) is -0.823. The normalized spacial score (nSPS) is 30.0. The Morgan fingerprint density at radius 1 is 1.29 bits per heavy atom. The number of nitrogens with one attached hydrogen (secondary N) is 2. The third kappa shape index (κ3) is 3.57. The lowest BCUT2D eigenvalue weighted by molar-refractivity contribution is -0.141. The van der Waals surface area contributed by atoms with E-state index in [1.165, 1.54) is 0 Å². The van der Waals surface area contributed by atoms with Crippen molar-refractivity contribution in [2.75, 3.05) is 33.7 Å². The molecule has 28 heavy (non-hydrogen) atoms. The second-order valence-corrected chi connectivity index (χ2v) is 8.51. The molecule has 2 aliphatic rings. The fourth-order valence-electron chi connectivity index (χ4n) is 4.73. The van der Waals surface area contributed by atoms with Crippen LogP contribution >= 0.6 is 11.6 Å². The number of benzene rings is 1. The van der Waals surface area contributed by atoms with Crippen LogP contribution in [0.2, 0.25) is 5.02 Å². The average molecular weight is 408 g/mol. The number of rotatable bonds is 3. The van der Waals surface area contributed by atoms with E-state index in [2.05, 4.69) is 27.1 Å². The zero-order chi connectivity index (χ0) is 20.0. The molecule has 152 valence electrons. The van der Waals surface area contributed by atoms with Crippen molar-refractivity contribution in [3.8, 4) is 0 Å². The van der Waals surface area contributed by atoms with E-state index in [-0.39, 0.29) is 23.8 Å². The summed E-state index contributed by atoms with van der Waals surface area (Å²) >= 11 is 6.06. The Hall–Kier alpha value is -1.87. The maximum Gasteiger partial charge on any atom is 0.326 e. The summed E-state index contributed by atoms with van der Waals surface area (Å²) in [6.45, 7) is 2.12. The number of hydrogen-bond acceptors (Lipinski definition) is 5. The quantitative estimate of drug-likeness (QED) is 0.702. The summed E-state index contributed by atoms with van der Waals surface area (Å²) in [6.07, 6.45) is 1.65. The van der Waals surface area contributed by atoms with Crippen LogP contribution in [0.1, 0.15) is 18.9 Å². The number of imidazole rings is 1. The van der Waals surface area contributed by atoms with E-state index in [1.54, 1.807) is 12.1 Å². The van der Waals surface area contributed by atoms with E-state index < -0.39 is 12.0 Å². The minimum Gasteiger partial charge on any atom is -0.480 e. The Labute approximate surface area is 168 Å². The molecule has 0 amide bonds. The molecule has 0 saturated carbocycles. The van der Waals surface area contributed by atoms with Crippen molar-refractivity contribution in [1.29, 1.82) is 0 Å². The summed E-state index contributed by atoms with van der Waals surface area (Å²) in [6, 6.07) is 5.12. The second kappa shape index (κ2) is 7.51. The molecule has 4 unspecified atom stereocenters. The SMILES string of the molecule is CN1CC(C(=O)O)NC(C2CC(n3c(=O)[nH]c4cc(Cl)ccc43)CCN2C)C1. The smallest absolute Gasteiger partial charge is 0.326 e. The van der Waals surface area contributed by atoms with Crippen molar-refractivity contribution in [3.05, 3.63) is 33.7 Å². The van der Waals surface area contributed by atoms with Crippen molar-refractivity contribution < 1.29 is 9.90 Å². The molecule has 3 heterocycles. The first kappa shape index (κ1) is 19.4. The van der Waals surface area contributed by atoms with Crippen molar-refractivity contribution in [3.63, 3.8) is 0 Å². The molecule has 0 spiro atoms. The number of nitrogens with zero attached hydrogens (tertiary/aromatic N) is 3. The van der Waals surface area contributed by atoms with Gasteiger partial charge in [-0.1, -0.05) is 11.6 Å². The molecule has 1 aromatic carbocycles. The highest BCUT2D eigenvalue weighted by Crippen LogP contribution is 2.30. The van der Waals surface area contributed by atoms with Gasteiger partial charge < -0.3 is 19.9 Å². The third-order valence-corrected chi connectivity index (χ3v) is 6.35. The highest BCUT2D eigenvalue weighted by Gasteiger charge is 2.39. The molecule has 0 bridgehead atoms. The number of carbonyl (C=O) groups is 1. The van der Waals surface area contributed by atoms with Gasteiger partial charge in [0.15, 0.2) is 0 Å². The van der Waals surface area contributed by atoms with Crippen molar-refractivity contribution in [1.82, 2.24) is 24.7 Å². The molecular weight excluding hydrogens is 382 g/mol. The zero-order valence-corrected chi connectivity index (χ0v) is 16.8. The molecule has 2 fully saturated rings. The molecule has 8 nitrogen and oxygen atoms in total. The van der Waals surface area contributed by atoms with Gasteiger partial charge in [0.2, 0.25) is 0 Å². The van der Waals surface area contributed by atoms with Gasteiger partial charge in [0.25, 0.3) is 0 Å². The Morgan fingerprint density at radius 2 is 2.07 bits per heavy atom. The number of halogens is 1. The number of hydrogen-bond donors (Lipinski definition) is 3. The number of piperidine rings is 1. The largest absolute Gasteiger partial charge is 0.480 e. The van der Waals surface area contributed by atoms with Gasteiger partial charge >= 0.3 is 11.7 Å².